The van der Waals surface area contributed by atoms with Crippen molar-refractivity contribution < 1.29 is 24.2 Å². The number of methoxy groups -OCH3 is 1. The predicted molar refractivity (Wildman–Crippen MR) is 73.4 cm³/mol. The summed E-state index contributed by atoms with van der Waals surface area (Å²) in [6.45, 7) is 2.06. The third-order valence-corrected chi connectivity index (χ3v) is 2.60. The molecule has 0 saturated carbocycles. The second-order valence-electron chi connectivity index (χ2n) is 4.27. The Hall–Kier alpha value is -2.24. The van der Waals surface area contributed by atoms with E-state index in [1.54, 1.807) is 18.2 Å². The monoisotopic (exact) mass is 281 g/mol. The van der Waals surface area contributed by atoms with E-state index >= 15 is 0 Å². The summed E-state index contributed by atoms with van der Waals surface area (Å²) in [6.07, 6.45) is 0.801. The number of hydrogen-bond acceptors (Lipinski definition) is 4. The van der Waals surface area contributed by atoms with Gasteiger partial charge in [-0.2, -0.15) is 0 Å². The number of hydrogen-bond donors (Lipinski definition) is 1. The van der Waals surface area contributed by atoms with E-state index in [1.165, 1.54) is 14.2 Å². The summed E-state index contributed by atoms with van der Waals surface area (Å²) in [4.78, 5) is 24.0. The van der Waals surface area contributed by atoms with Crippen molar-refractivity contribution >= 4 is 11.9 Å². The molecule has 20 heavy (non-hydrogen) atoms. The first-order valence-electron chi connectivity index (χ1n) is 6.27. The lowest BCUT2D eigenvalue weighted by atomic mass is 10.1. The molecule has 1 amide bonds. The van der Waals surface area contributed by atoms with Crippen LogP contribution in [0.1, 0.15) is 23.7 Å². The van der Waals surface area contributed by atoms with E-state index in [0.29, 0.717) is 23.7 Å². The normalized spacial score (nSPS) is 9.95. The topological polar surface area (TPSA) is 76.1 Å². The molecule has 6 heteroatoms. The molecule has 1 aromatic carbocycles. The van der Waals surface area contributed by atoms with Crippen LogP contribution < -0.4 is 9.47 Å². The molecule has 6 nitrogen and oxygen atoms in total. The fourth-order valence-corrected chi connectivity index (χ4v) is 1.62. The number of nitrogens with zero attached hydrogens (tertiary/aromatic N) is 1. The molecule has 0 aliphatic heterocycles. The molecule has 0 aliphatic rings. The van der Waals surface area contributed by atoms with Crippen molar-refractivity contribution in [1.29, 1.82) is 0 Å². The van der Waals surface area contributed by atoms with E-state index in [4.69, 9.17) is 14.6 Å². The Morgan fingerprint density at radius 3 is 2.60 bits per heavy atom. The fourth-order valence-electron chi connectivity index (χ4n) is 1.62. The van der Waals surface area contributed by atoms with E-state index in [9.17, 15) is 9.59 Å². The van der Waals surface area contributed by atoms with Crippen LogP contribution in [0.15, 0.2) is 18.2 Å². The molecule has 0 aliphatic carbocycles. The van der Waals surface area contributed by atoms with Gasteiger partial charge in [0.1, 0.15) is 18.0 Å². The molecule has 1 aromatic rings. The summed E-state index contributed by atoms with van der Waals surface area (Å²) in [5.74, 6) is -0.492. The third-order valence-electron chi connectivity index (χ3n) is 2.60. The molecule has 0 unspecified atom stereocenters. The van der Waals surface area contributed by atoms with Crippen molar-refractivity contribution in [2.75, 3.05) is 27.3 Å². The molecule has 0 radical (unpaired) electrons. The van der Waals surface area contributed by atoms with Crippen LogP contribution in [0.25, 0.3) is 0 Å². The van der Waals surface area contributed by atoms with E-state index in [0.717, 1.165) is 11.3 Å². The number of likely N-dealkylation sites (N-methyl/N-ethyl adjacent to an activating group) is 1. The largest absolute Gasteiger partial charge is 0.497 e. The first kappa shape index (κ1) is 15.8. The number of benzene rings is 1. The van der Waals surface area contributed by atoms with Crippen molar-refractivity contribution in [1.82, 2.24) is 4.90 Å². The highest BCUT2D eigenvalue weighted by Crippen LogP contribution is 2.26. The van der Waals surface area contributed by atoms with E-state index in [-0.39, 0.29) is 6.54 Å². The lowest BCUT2D eigenvalue weighted by Crippen LogP contribution is -2.32. The Morgan fingerprint density at radius 1 is 1.35 bits per heavy atom. The second kappa shape index (κ2) is 7.37. The lowest BCUT2D eigenvalue weighted by molar-refractivity contribution is -0.137. The van der Waals surface area contributed by atoms with Gasteiger partial charge >= 0.3 is 5.97 Å². The second-order valence-corrected chi connectivity index (χ2v) is 4.27. The molecule has 110 valence electrons. The zero-order valence-corrected chi connectivity index (χ0v) is 11.9. The van der Waals surface area contributed by atoms with Crippen LogP contribution in [0.5, 0.6) is 11.5 Å². The van der Waals surface area contributed by atoms with Gasteiger partial charge in [0.05, 0.1) is 19.3 Å². The molecule has 0 bridgehead atoms. The highest BCUT2D eigenvalue weighted by atomic mass is 16.5. The average Bonchev–Trinajstić information content (AvgIpc) is 2.43. The first-order valence-corrected chi connectivity index (χ1v) is 6.27. The maximum Gasteiger partial charge on any atom is 0.323 e. The predicted octanol–water partition coefficient (Wildman–Crippen LogP) is 1.64. The minimum atomic E-state index is -1.06. The Labute approximate surface area is 117 Å². The molecule has 0 fully saturated rings. The van der Waals surface area contributed by atoms with Crippen LogP contribution in [0.3, 0.4) is 0 Å². The van der Waals surface area contributed by atoms with Crippen LogP contribution in [0.2, 0.25) is 0 Å². The lowest BCUT2D eigenvalue weighted by Gasteiger charge is -2.17. The molecule has 0 aromatic heterocycles. The minimum Gasteiger partial charge on any atom is -0.497 e. The third kappa shape index (κ3) is 4.15. The minimum absolute atomic E-state index is 0.322. The number of ether oxygens (including phenoxy) is 2. The number of carboxylic acids is 1. The van der Waals surface area contributed by atoms with Crippen molar-refractivity contribution in [3.8, 4) is 11.5 Å². The summed E-state index contributed by atoms with van der Waals surface area (Å²) in [5.41, 5.74) is 0.322. The van der Waals surface area contributed by atoms with E-state index in [1.807, 2.05) is 6.92 Å². The van der Waals surface area contributed by atoms with Gasteiger partial charge in [-0.15, -0.1) is 0 Å². The fraction of sp³-hybridized carbons (Fsp3) is 0.429. The Kier molecular flexibility index (Phi) is 5.83. The number of carbonyl (C=O) groups excluding carboxylic acids is 1. The number of aliphatic carboxylic acids is 1. The Bertz CT molecular complexity index is 486. The standard InChI is InChI=1S/C14H19NO5/c1-4-7-20-12-8-10(19-3)5-6-11(12)14(18)15(2)9-13(16)17/h5-6,8H,4,7,9H2,1-3H3,(H,16,17). The smallest absolute Gasteiger partial charge is 0.323 e. The van der Waals surface area contributed by atoms with Gasteiger partial charge in [-0.25, -0.2) is 0 Å². The van der Waals surface area contributed by atoms with Gasteiger partial charge in [0.2, 0.25) is 0 Å². The van der Waals surface area contributed by atoms with E-state index < -0.39 is 11.9 Å². The molecular weight excluding hydrogens is 262 g/mol. The average molecular weight is 281 g/mol. The van der Waals surface area contributed by atoms with Crippen molar-refractivity contribution in [2.45, 2.75) is 13.3 Å². The number of carboxylic acid groups (broad SMARTS) is 1. The SMILES string of the molecule is CCCOc1cc(OC)ccc1C(=O)N(C)CC(=O)O. The van der Waals surface area contributed by atoms with E-state index in [2.05, 4.69) is 0 Å². The van der Waals surface area contributed by atoms with Crippen LogP contribution in [0.4, 0.5) is 0 Å². The van der Waals surface area contributed by atoms with Gasteiger partial charge in [0, 0.05) is 13.1 Å². The number of carbonyl (C=O) groups is 2. The van der Waals surface area contributed by atoms with Gasteiger partial charge in [-0.05, 0) is 18.6 Å². The van der Waals surface area contributed by atoms with Crippen LogP contribution in [-0.2, 0) is 4.79 Å². The number of amides is 1. The molecule has 1 rings (SSSR count). The maximum absolute atomic E-state index is 12.2. The zero-order valence-electron chi connectivity index (χ0n) is 11.9. The van der Waals surface area contributed by atoms with Gasteiger partial charge in [0.15, 0.2) is 0 Å². The molecule has 0 atom stereocenters. The Morgan fingerprint density at radius 2 is 2.05 bits per heavy atom. The first-order chi connectivity index (χ1) is 9.49. The molecular formula is C14H19NO5. The highest BCUT2D eigenvalue weighted by Gasteiger charge is 2.19. The van der Waals surface area contributed by atoms with Gasteiger partial charge in [0.25, 0.3) is 5.91 Å². The molecule has 0 saturated heterocycles. The maximum atomic E-state index is 12.2. The summed E-state index contributed by atoms with van der Waals surface area (Å²) in [7, 11) is 2.96. The number of rotatable bonds is 7. The quantitative estimate of drug-likeness (QED) is 0.822. The van der Waals surface area contributed by atoms with Crippen molar-refractivity contribution in [3.05, 3.63) is 23.8 Å². The molecule has 0 heterocycles. The Balaban J connectivity index is 3.02. The summed E-state index contributed by atoms with van der Waals surface area (Å²) >= 11 is 0. The van der Waals surface area contributed by atoms with Crippen LogP contribution >= 0.6 is 0 Å². The molecule has 1 N–H and O–H groups in total. The summed E-state index contributed by atoms with van der Waals surface area (Å²) < 4.78 is 10.6. The highest BCUT2D eigenvalue weighted by molar-refractivity contribution is 5.98. The van der Waals surface area contributed by atoms with Crippen LogP contribution in [0, 0.1) is 0 Å². The summed E-state index contributed by atoms with van der Waals surface area (Å²) in [5, 5.41) is 8.73. The van der Waals surface area contributed by atoms with Crippen molar-refractivity contribution in [3.63, 3.8) is 0 Å². The molecule has 0 spiro atoms. The van der Waals surface area contributed by atoms with Gasteiger partial charge < -0.3 is 19.5 Å². The van der Waals surface area contributed by atoms with Gasteiger partial charge in [-0.1, -0.05) is 6.92 Å². The van der Waals surface area contributed by atoms with Crippen LogP contribution in [-0.4, -0.2) is 49.2 Å². The zero-order chi connectivity index (χ0) is 15.1. The van der Waals surface area contributed by atoms with Crippen molar-refractivity contribution in [2.24, 2.45) is 0 Å². The summed E-state index contributed by atoms with van der Waals surface area (Å²) in [6, 6.07) is 4.84. The van der Waals surface area contributed by atoms with Gasteiger partial charge in [-0.3, -0.25) is 9.59 Å².